The Bertz CT molecular complexity index is 515. The van der Waals surface area contributed by atoms with Crippen molar-refractivity contribution in [2.75, 3.05) is 11.4 Å². The number of anilines is 1. The summed E-state index contributed by atoms with van der Waals surface area (Å²) in [7, 11) is 0. The van der Waals surface area contributed by atoms with Crippen molar-refractivity contribution in [2.45, 2.75) is 25.3 Å². The molecule has 5 nitrogen and oxygen atoms in total. The predicted molar refractivity (Wildman–Crippen MR) is 75.3 cm³/mol. The molecule has 2 rings (SSSR count). The Morgan fingerprint density at radius 2 is 2.11 bits per heavy atom. The summed E-state index contributed by atoms with van der Waals surface area (Å²) in [5, 5.41) is 8.82. The number of hydrogen-bond acceptors (Lipinski definition) is 3. The molecule has 6 heteroatoms. The third kappa shape index (κ3) is 3.47. The number of carbonyl (C=O) groups is 2. The quantitative estimate of drug-likeness (QED) is 0.837. The maximum Gasteiger partial charge on any atom is 0.305 e. The number of carboxylic acid groups (broad SMARTS) is 1. The number of nitrogens with two attached hydrogens (primary N) is 1. The topological polar surface area (TPSA) is 83.6 Å². The molecule has 0 aromatic heterocycles. The molecule has 3 N–H and O–H groups in total. The van der Waals surface area contributed by atoms with Gasteiger partial charge in [0.1, 0.15) is 0 Å². The van der Waals surface area contributed by atoms with Crippen molar-refractivity contribution in [1.82, 2.24) is 0 Å². The van der Waals surface area contributed by atoms with Crippen molar-refractivity contribution >= 4 is 33.5 Å². The zero-order valence-corrected chi connectivity index (χ0v) is 11.9. The molecule has 19 heavy (non-hydrogen) atoms. The van der Waals surface area contributed by atoms with Crippen LogP contribution in [0.2, 0.25) is 0 Å². The number of benzene rings is 1. The summed E-state index contributed by atoms with van der Waals surface area (Å²) in [6.45, 7) is 0.386. The Balaban J connectivity index is 2.32. The van der Waals surface area contributed by atoms with Crippen LogP contribution in [-0.2, 0) is 4.79 Å². The summed E-state index contributed by atoms with van der Waals surface area (Å²) >= 11 is 3.37. The zero-order chi connectivity index (χ0) is 14.0. The fraction of sp³-hybridized carbons (Fsp3) is 0.385. The minimum atomic E-state index is -0.846. The van der Waals surface area contributed by atoms with Crippen LogP contribution in [0, 0.1) is 0 Å². The Kier molecular flexibility index (Phi) is 4.09. The van der Waals surface area contributed by atoms with Gasteiger partial charge >= 0.3 is 5.97 Å². The highest BCUT2D eigenvalue weighted by atomic mass is 79.9. The molecule has 102 valence electrons. The number of halogens is 1. The van der Waals surface area contributed by atoms with Crippen molar-refractivity contribution in [3.05, 3.63) is 28.2 Å². The maximum absolute atomic E-state index is 11.5. The van der Waals surface area contributed by atoms with Crippen molar-refractivity contribution in [1.29, 1.82) is 0 Å². The second kappa shape index (κ2) is 5.61. The first-order valence-electron chi connectivity index (χ1n) is 6.07. The van der Waals surface area contributed by atoms with Gasteiger partial charge in [-0.05, 0) is 31.0 Å². The second-order valence-electron chi connectivity index (χ2n) is 4.59. The fourth-order valence-electron chi connectivity index (χ4n) is 2.05. The van der Waals surface area contributed by atoms with Crippen LogP contribution in [0.1, 0.15) is 29.6 Å². The smallest absolute Gasteiger partial charge is 0.305 e. The molecule has 1 aromatic carbocycles. The normalized spacial score (nSPS) is 14.2. The average Bonchev–Trinajstić information content (AvgIpc) is 3.13. The van der Waals surface area contributed by atoms with Crippen LogP contribution in [0.3, 0.4) is 0 Å². The number of primary amides is 1. The number of carbonyl (C=O) groups excluding carboxylic acids is 1. The van der Waals surface area contributed by atoms with E-state index in [0.717, 1.165) is 17.3 Å². The van der Waals surface area contributed by atoms with Crippen molar-refractivity contribution < 1.29 is 14.7 Å². The van der Waals surface area contributed by atoms with Crippen LogP contribution in [-0.4, -0.2) is 29.6 Å². The van der Waals surface area contributed by atoms with Crippen LogP contribution in [0.4, 0.5) is 5.69 Å². The van der Waals surface area contributed by atoms with E-state index < -0.39 is 11.9 Å². The third-order valence-corrected chi connectivity index (χ3v) is 3.58. The summed E-state index contributed by atoms with van der Waals surface area (Å²) in [6, 6.07) is 5.55. The molecule has 1 saturated carbocycles. The van der Waals surface area contributed by atoms with Gasteiger partial charge in [-0.1, -0.05) is 15.9 Å². The Hall–Kier alpha value is -1.56. The molecule has 1 aromatic rings. The number of aliphatic carboxylic acids is 1. The van der Waals surface area contributed by atoms with Gasteiger partial charge in [0.2, 0.25) is 0 Å². The first-order chi connectivity index (χ1) is 8.99. The Morgan fingerprint density at radius 1 is 1.42 bits per heavy atom. The molecule has 1 aliphatic carbocycles. The van der Waals surface area contributed by atoms with E-state index in [1.807, 2.05) is 11.0 Å². The van der Waals surface area contributed by atoms with E-state index in [2.05, 4.69) is 15.9 Å². The molecule has 1 amide bonds. The van der Waals surface area contributed by atoms with E-state index in [0.29, 0.717) is 23.8 Å². The van der Waals surface area contributed by atoms with E-state index in [1.165, 1.54) is 0 Å². The van der Waals surface area contributed by atoms with E-state index in [-0.39, 0.29) is 6.42 Å². The van der Waals surface area contributed by atoms with Crippen molar-refractivity contribution in [3.8, 4) is 0 Å². The number of hydrogen-bond donors (Lipinski definition) is 2. The highest BCUT2D eigenvalue weighted by Crippen LogP contribution is 2.35. The number of amides is 1. The third-order valence-electron chi connectivity index (χ3n) is 3.09. The summed E-state index contributed by atoms with van der Waals surface area (Å²) in [4.78, 5) is 24.2. The van der Waals surface area contributed by atoms with E-state index in [9.17, 15) is 9.59 Å². The molecule has 0 spiro atoms. The molecule has 0 heterocycles. The van der Waals surface area contributed by atoms with Gasteiger partial charge < -0.3 is 15.7 Å². The van der Waals surface area contributed by atoms with Crippen LogP contribution < -0.4 is 10.6 Å². The van der Waals surface area contributed by atoms with E-state index in [4.69, 9.17) is 10.8 Å². The Morgan fingerprint density at radius 3 is 2.63 bits per heavy atom. The lowest BCUT2D eigenvalue weighted by molar-refractivity contribution is -0.136. The van der Waals surface area contributed by atoms with Crippen LogP contribution in [0.25, 0.3) is 0 Å². The zero-order valence-electron chi connectivity index (χ0n) is 10.3. The molecule has 1 fully saturated rings. The molecule has 0 saturated heterocycles. The van der Waals surface area contributed by atoms with Gasteiger partial charge in [-0.2, -0.15) is 0 Å². The van der Waals surface area contributed by atoms with Gasteiger partial charge in [0.15, 0.2) is 0 Å². The number of nitrogens with zero attached hydrogens (tertiary/aromatic N) is 1. The molecular weight excluding hydrogens is 312 g/mol. The van der Waals surface area contributed by atoms with E-state index >= 15 is 0 Å². The fourth-order valence-corrected chi connectivity index (χ4v) is 2.40. The van der Waals surface area contributed by atoms with Gasteiger partial charge in [0.25, 0.3) is 5.91 Å². The second-order valence-corrected chi connectivity index (χ2v) is 5.51. The number of carboxylic acids is 1. The summed E-state index contributed by atoms with van der Waals surface area (Å²) in [6.07, 6.45) is 2.08. The van der Waals surface area contributed by atoms with Crippen molar-refractivity contribution in [2.24, 2.45) is 5.73 Å². The first kappa shape index (κ1) is 13.9. The van der Waals surface area contributed by atoms with Crippen LogP contribution >= 0.6 is 15.9 Å². The minimum Gasteiger partial charge on any atom is -0.481 e. The van der Waals surface area contributed by atoms with Gasteiger partial charge in [0.05, 0.1) is 17.7 Å². The Labute approximate surface area is 119 Å². The van der Waals surface area contributed by atoms with Gasteiger partial charge in [0, 0.05) is 17.1 Å². The first-order valence-corrected chi connectivity index (χ1v) is 6.86. The van der Waals surface area contributed by atoms with Crippen LogP contribution in [0.15, 0.2) is 22.7 Å². The lowest BCUT2D eigenvalue weighted by atomic mass is 10.1. The van der Waals surface area contributed by atoms with Gasteiger partial charge in [-0.3, -0.25) is 9.59 Å². The maximum atomic E-state index is 11.5. The van der Waals surface area contributed by atoms with Crippen LogP contribution in [0.5, 0.6) is 0 Å². The summed E-state index contributed by atoms with van der Waals surface area (Å²) in [5.41, 5.74) is 6.53. The largest absolute Gasteiger partial charge is 0.481 e. The predicted octanol–water partition coefficient (Wildman–Crippen LogP) is 1.99. The van der Waals surface area contributed by atoms with Gasteiger partial charge in [-0.25, -0.2) is 0 Å². The molecule has 1 aliphatic rings. The van der Waals surface area contributed by atoms with E-state index in [1.54, 1.807) is 12.1 Å². The summed E-state index contributed by atoms with van der Waals surface area (Å²) < 4.78 is 0.841. The molecule has 0 bridgehead atoms. The lowest BCUT2D eigenvalue weighted by Crippen LogP contribution is -2.30. The molecule has 0 radical (unpaired) electrons. The lowest BCUT2D eigenvalue weighted by Gasteiger charge is -2.26. The van der Waals surface area contributed by atoms with Crippen molar-refractivity contribution in [3.63, 3.8) is 0 Å². The minimum absolute atomic E-state index is 0.0429. The molecule has 0 aliphatic heterocycles. The monoisotopic (exact) mass is 326 g/mol. The standard InChI is InChI=1S/C13H15BrN2O3/c14-8-1-4-10(13(15)19)11(7-8)16(9-2-3-9)6-5-12(17)18/h1,4,7,9H,2-3,5-6H2,(H2,15,19)(H,17,18). The molecule has 0 atom stereocenters. The average molecular weight is 327 g/mol. The highest BCUT2D eigenvalue weighted by molar-refractivity contribution is 9.10. The summed E-state index contributed by atoms with van der Waals surface area (Å²) in [5.74, 6) is -1.34. The SMILES string of the molecule is NC(=O)c1ccc(Br)cc1N(CCC(=O)O)C1CC1. The highest BCUT2D eigenvalue weighted by Gasteiger charge is 2.31. The molecular formula is C13H15BrN2O3. The molecule has 0 unspecified atom stereocenters. The number of rotatable bonds is 6. The van der Waals surface area contributed by atoms with Gasteiger partial charge in [-0.15, -0.1) is 0 Å².